The van der Waals surface area contributed by atoms with Gasteiger partial charge in [0.05, 0.1) is 20.3 Å². The van der Waals surface area contributed by atoms with Crippen LogP contribution in [0.3, 0.4) is 0 Å². The van der Waals surface area contributed by atoms with Gasteiger partial charge < -0.3 is 39.1 Å². The molecule has 2 atom stereocenters. The van der Waals surface area contributed by atoms with Crippen LogP contribution in [-0.2, 0) is 57.2 Å². The van der Waals surface area contributed by atoms with Crippen LogP contribution in [-0.4, -0.2) is 112 Å². The van der Waals surface area contributed by atoms with E-state index in [-0.39, 0.29) is 51.9 Å². The van der Waals surface area contributed by atoms with Crippen molar-refractivity contribution in [1.82, 2.24) is 15.5 Å². The summed E-state index contributed by atoms with van der Waals surface area (Å²) in [6.45, 7) is 4.53. The second-order valence-corrected chi connectivity index (χ2v) is 7.48. The van der Waals surface area contributed by atoms with Gasteiger partial charge in [-0.3, -0.25) is 24.1 Å². The molecule has 16 nitrogen and oxygen atoms in total. The molecule has 0 saturated heterocycles. The smallest absolute Gasteiger partial charge is 0.466 e. The Bertz CT molecular complexity index is 877. The van der Waals surface area contributed by atoms with Gasteiger partial charge in [-0.15, -0.1) is 12.4 Å². The third-order valence-corrected chi connectivity index (χ3v) is 4.27. The van der Waals surface area contributed by atoms with E-state index in [1.807, 2.05) is 0 Å². The van der Waals surface area contributed by atoms with Gasteiger partial charge in [-0.25, -0.2) is 14.4 Å². The van der Waals surface area contributed by atoms with E-state index < -0.39 is 60.7 Å². The molecule has 17 heteroatoms. The molecule has 0 fully saturated rings. The molecule has 0 aromatic rings. The molecule has 1 unspecified atom stereocenters. The zero-order valence-electron chi connectivity index (χ0n) is 22.9. The number of nitrogens with one attached hydrogen (secondary N) is 2. The lowest BCUT2D eigenvalue weighted by Gasteiger charge is -2.24. The maximum atomic E-state index is 12.7. The SMILES string of the molecule is CCOC(=O)OC(C)OC(=O)[C@H](CNC(=O)/C=C/C(=O)OC)NC(=O)CN(CCOC(C)=O)CCOC(C)=O.Cl. The number of rotatable bonds is 17. The Morgan fingerprint density at radius 3 is 1.95 bits per heavy atom. The highest BCUT2D eigenvalue weighted by atomic mass is 35.5. The molecule has 0 radical (unpaired) electrons. The molecule has 0 bridgehead atoms. The highest BCUT2D eigenvalue weighted by molar-refractivity contribution is 5.95. The Balaban J connectivity index is 0. The Morgan fingerprint density at radius 1 is 0.875 bits per heavy atom. The van der Waals surface area contributed by atoms with E-state index in [9.17, 15) is 33.6 Å². The molecular formula is C23H36ClN3O13. The first-order valence-corrected chi connectivity index (χ1v) is 11.7. The fourth-order valence-corrected chi connectivity index (χ4v) is 2.57. The molecule has 0 aromatic carbocycles. The van der Waals surface area contributed by atoms with E-state index in [4.69, 9.17) is 18.9 Å². The van der Waals surface area contributed by atoms with E-state index >= 15 is 0 Å². The van der Waals surface area contributed by atoms with Crippen molar-refractivity contribution in [3.8, 4) is 0 Å². The van der Waals surface area contributed by atoms with E-state index in [1.54, 1.807) is 6.92 Å². The molecule has 228 valence electrons. The molecular weight excluding hydrogens is 562 g/mol. The quantitative estimate of drug-likeness (QED) is 0.0915. The van der Waals surface area contributed by atoms with E-state index in [1.165, 1.54) is 25.7 Å². The highest BCUT2D eigenvalue weighted by Crippen LogP contribution is 2.01. The predicted octanol–water partition coefficient (Wildman–Crippen LogP) is -0.771. The van der Waals surface area contributed by atoms with Crippen LogP contribution in [0.1, 0.15) is 27.7 Å². The number of hydrogen-bond acceptors (Lipinski definition) is 14. The van der Waals surface area contributed by atoms with Crippen LogP contribution in [0.15, 0.2) is 12.2 Å². The van der Waals surface area contributed by atoms with Crippen molar-refractivity contribution in [1.29, 1.82) is 0 Å². The third kappa shape index (κ3) is 20.1. The van der Waals surface area contributed by atoms with Gasteiger partial charge in [-0.1, -0.05) is 0 Å². The lowest BCUT2D eigenvalue weighted by Crippen LogP contribution is -2.52. The summed E-state index contributed by atoms with van der Waals surface area (Å²) in [5.41, 5.74) is 0. The molecule has 0 spiro atoms. The van der Waals surface area contributed by atoms with Gasteiger partial charge in [-0.2, -0.15) is 0 Å². The minimum atomic E-state index is -1.45. The fourth-order valence-electron chi connectivity index (χ4n) is 2.57. The standard InChI is InChI=1S/C23H35N3O13.ClH/c1-6-35-23(33)39-17(4)38-22(32)18(13-24-19(29)7-8-21(31)34-5)25-20(30)14-26(9-11-36-15(2)27)10-12-37-16(3)28;/h7-8,17-18H,6,9-14H2,1-5H3,(H,24,29)(H,25,30);1H/b8-7+;/t17?,18-;/m0./s1. The van der Waals surface area contributed by atoms with Gasteiger partial charge in [-0.05, 0) is 6.92 Å². The zero-order chi connectivity index (χ0) is 29.8. The molecule has 2 N–H and O–H groups in total. The van der Waals surface area contributed by atoms with Crippen molar-refractivity contribution in [2.75, 3.05) is 53.1 Å². The number of amides is 2. The first-order chi connectivity index (χ1) is 18.4. The maximum Gasteiger partial charge on any atom is 0.511 e. The maximum absolute atomic E-state index is 12.7. The van der Waals surface area contributed by atoms with Crippen LogP contribution in [0.4, 0.5) is 4.79 Å². The number of nitrogens with zero attached hydrogens (tertiary/aromatic N) is 1. The summed E-state index contributed by atoms with van der Waals surface area (Å²) >= 11 is 0. The van der Waals surface area contributed by atoms with Crippen molar-refractivity contribution in [3.63, 3.8) is 0 Å². The Morgan fingerprint density at radius 2 is 1.45 bits per heavy atom. The number of methoxy groups -OCH3 is 1. The van der Waals surface area contributed by atoms with Crippen molar-refractivity contribution in [3.05, 3.63) is 12.2 Å². The molecule has 0 aliphatic carbocycles. The number of carbonyl (C=O) groups excluding carboxylic acids is 7. The lowest BCUT2D eigenvalue weighted by atomic mass is 10.2. The second kappa shape index (κ2) is 22.0. The summed E-state index contributed by atoms with van der Waals surface area (Å²) < 4.78 is 28.5. The summed E-state index contributed by atoms with van der Waals surface area (Å²) in [5, 5.41) is 4.71. The van der Waals surface area contributed by atoms with Gasteiger partial charge in [0, 0.05) is 52.6 Å². The largest absolute Gasteiger partial charge is 0.511 e. The van der Waals surface area contributed by atoms with Gasteiger partial charge in [0.15, 0.2) is 0 Å². The van der Waals surface area contributed by atoms with E-state index in [0.29, 0.717) is 0 Å². The average Bonchev–Trinajstić information content (AvgIpc) is 2.84. The number of carbonyl (C=O) groups is 7. The van der Waals surface area contributed by atoms with Crippen molar-refractivity contribution < 1.29 is 62.0 Å². The number of hydrogen-bond donors (Lipinski definition) is 2. The zero-order valence-corrected chi connectivity index (χ0v) is 23.7. The Labute approximate surface area is 237 Å². The summed E-state index contributed by atoms with van der Waals surface area (Å²) in [4.78, 5) is 83.6. The van der Waals surface area contributed by atoms with E-state index in [2.05, 4.69) is 20.1 Å². The van der Waals surface area contributed by atoms with Crippen molar-refractivity contribution >= 4 is 54.3 Å². The van der Waals surface area contributed by atoms with Crippen molar-refractivity contribution in [2.45, 2.75) is 40.0 Å². The molecule has 0 aliphatic rings. The number of ether oxygens (including phenoxy) is 6. The lowest BCUT2D eigenvalue weighted by molar-refractivity contribution is -0.171. The summed E-state index contributed by atoms with van der Waals surface area (Å²) in [5.74, 6) is -4.41. The predicted molar refractivity (Wildman–Crippen MR) is 137 cm³/mol. The molecule has 0 aliphatic heterocycles. The highest BCUT2D eigenvalue weighted by Gasteiger charge is 2.27. The van der Waals surface area contributed by atoms with E-state index in [0.717, 1.165) is 19.3 Å². The summed E-state index contributed by atoms with van der Waals surface area (Å²) in [6, 6.07) is -1.45. The van der Waals surface area contributed by atoms with Crippen molar-refractivity contribution in [2.24, 2.45) is 0 Å². The van der Waals surface area contributed by atoms with Crippen LogP contribution in [0, 0.1) is 0 Å². The first kappa shape index (κ1) is 38.2. The Kier molecular flexibility index (Phi) is 21.0. The van der Waals surface area contributed by atoms with Crippen LogP contribution in [0.25, 0.3) is 0 Å². The minimum Gasteiger partial charge on any atom is -0.466 e. The topological polar surface area (TPSA) is 202 Å². The summed E-state index contributed by atoms with van der Waals surface area (Å²) in [6.07, 6.45) is -0.778. The third-order valence-electron chi connectivity index (χ3n) is 4.27. The first-order valence-electron chi connectivity index (χ1n) is 11.7. The summed E-state index contributed by atoms with van der Waals surface area (Å²) in [7, 11) is 1.12. The molecule has 0 aromatic heterocycles. The Hall–Kier alpha value is -3.92. The minimum absolute atomic E-state index is 0. The molecule has 0 heterocycles. The molecule has 0 rings (SSSR count). The molecule has 2 amide bonds. The molecule has 0 saturated carbocycles. The van der Waals surface area contributed by atoms with Crippen LogP contribution >= 0.6 is 12.4 Å². The molecule has 40 heavy (non-hydrogen) atoms. The fraction of sp³-hybridized carbons (Fsp3) is 0.609. The number of esters is 4. The van der Waals surface area contributed by atoms with Gasteiger partial charge in [0.1, 0.15) is 19.3 Å². The number of halogens is 1. The second-order valence-electron chi connectivity index (χ2n) is 7.48. The van der Waals surface area contributed by atoms with Crippen LogP contribution in [0.2, 0.25) is 0 Å². The van der Waals surface area contributed by atoms with Gasteiger partial charge >= 0.3 is 30.0 Å². The van der Waals surface area contributed by atoms with Crippen LogP contribution in [0.5, 0.6) is 0 Å². The normalized spacial score (nSPS) is 11.8. The van der Waals surface area contributed by atoms with Gasteiger partial charge in [0.25, 0.3) is 0 Å². The van der Waals surface area contributed by atoms with Crippen LogP contribution < -0.4 is 10.6 Å². The van der Waals surface area contributed by atoms with Gasteiger partial charge in [0.2, 0.25) is 18.1 Å². The average molecular weight is 598 g/mol. The monoisotopic (exact) mass is 597 g/mol.